The molecule has 3 aromatic heterocycles. The molecule has 3 heterocycles. The molecule has 1 aromatic carbocycles. The van der Waals surface area contributed by atoms with Gasteiger partial charge in [0.25, 0.3) is 0 Å². The molecule has 0 fully saturated rings. The van der Waals surface area contributed by atoms with Gasteiger partial charge in [-0.05, 0) is 30.7 Å². The summed E-state index contributed by atoms with van der Waals surface area (Å²) in [5, 5.41) is 19.8. The number of benzene rings is 1. The number of aliphatic hydroxyl groups excluding tert-OH is 1. The summed E-state index contributed by atoms with van der Waals surface area (Å²) in [6.45, 7) is 1.88. The Morgan fingerprint density at radius 2 is 1.90 bits per heavy atom. The molecule has 2 N–H and O–H groups in total. The number of aryl methyl sites for hydroxylation is 1. The predicted molar refractivity (Wildman–Crippen MR) is 114 cm³/mol. The van der Waals surface area contributed by atoms with Crippen molar-refractivity contribution in [3.63, 3.8) is 0 Å². The summed E-state index contributed by atoms with van der Waals surface area (Å²) in [6.07, 6.45) is 4.40. The first-order chi connectivity index (χ1) is 14.5. The molecule has 0 spiro atoms. The Hall–Kier alpha value is -3.16. The van der Waals surface area contributed by atoms with Gasteiger partial charge >= 0.3 is 5.97 Å². The maximum Gasteiger partial charge on any atom is 0.355 e. The van der Waals surface area contributed by atoms with Gasteiger partial charge in [0.1, 0.15) is 17.2 Å². The van der Waals surface area contributed by atoms with Gasteiger partial charge in [-0.2, -0.15) is 0 Å². The number of aliphatic hydroxyl groups is 1. The van der Waals surface area contributed by atoms with Gasteiger partial charge in [0, 0.05) is 23.9 Å². The Labute approximate surface area is 178 Å². The average molecular weight is 425 g/mol. The molecule has 7 nitrogen and oxygen atoms in total. The van der Waals surface area contributed by atoms with Gasteiger partial charge in [-0.25, -0.2) is 14.8 Å². The van der Waals surface area contributed by atoms with Crippen LogP contribution in [0.25, 0.3) is 22.6 Å². The Morgan fingerprint density at radius 3 is 2.57 bits per heavy atom. The Kier molecular flexibility index (Phi) is 5.57. The van der Waals surface area contributed by atoms with Crippen molar-refractivity contribution in [3.8, 4) is 16.9 Å². The zero-order chi connectivity index (χ0) is 21.3. The molecule has 0 saturated carbocycles. The molecule has 4 aromatic rings. The Morgan fingerprint density at radius 1 is 1.13 bits per heavy atom. The summed E-state index contributed by atoms with van der Waals surface area (Å²) in [5.41, 5.74) is 3.11. The summed E-state index contributed by atoms with van der Waals surface area (Å²) in [4.78, 5) is 20.8. The molecule has 154 valence electrons. The molecule has 0 saturated heterocycles. The molecular weight excluding hydrogens is 404 g/mol. The lowest BCUT2D eigenvalue weighted by atomic mass is 10.1. The number of pyridine rings is 1. The minimum atomic E-state index is -1.04. The number of nitrogens with zero attached hydrogens (tertiary/aromatic N) is 4. The maximum atomic E-state index is 11.9. The highest BCUT2D eigenvalue weighted by atomic mass is 35.5. The zero-order valence-corrected chi connectivity index (χ0v) is 17.2. The number of carboxylic acid groups (broad SMARTS) is 1. The lowest BCUT2D eigenvalue weighted by molar-refractivity contribution is 0.0690. The van der Waals surface area contributed by atoms with Crippen molar-refractivity contribution < 1.29 is 15.0 Å². The molecule has 8 heteroatoms. The number of carboxylic acids is 1. The first kappa shape index (κ1) is 20.1. The van der Waals surface area contributed by atoms with Crippen LogP contribution in [0.4, 0.5) is 0 Å². The van der Waals surface area contributed by atoms with E-state index in [1.165, 1.54) is 0 Å². The molecule has 0 amide bonds. The first-order valence-electron chi connectivity index (χ1n) is 9.73. The third-order valence-electron chi connectivity index (χ3n) is 5.03. The highest BCUT2D eigenvalue weighted by Gasteiger charge is 2.21. The van der Waals surface area contributed by atoms with Crippen molar-refractivity contribution in [1.82, 2.24) is 18.9 Å². The van der Waals surface area contributed by atoms with E-state index < -0.39 is 5.97 Å². The van der Waals surface area contributed by atoms with Gasteiger partial charge < -0.3 is 10.2 Å². The summed E-state index contributed by atoms with van der Waals surface area (Å²) < 4.78 is 3.43. The van der Waals surface area contributed by atoms with Crippen molar-refractivity contribution >= 4 is 23.2 Å². The number of unbranched alkanes of at least 4 members (excludes halogenated alkanes) is 1. The van der Waals surface area contributed by atoms with Crippen LogP contribution in [0, 0.1) is 0 Å². The van der Waals surface area contributed by atoms with Crippen molar-refractivity contribution in [2.75, 3.05) is 0 Å². The van der Waals surface area contributed by atoms with Crippen LogP contribution < -0.4 is 0 Å². The molecule has 0 aliphatic rings. The standard InChI is InChI=1S/C22H21ClN4O3/c1-2-3-6-18-25-21(23)16(13-28)27(18)15-10-8-14(9-11-15)19-20(22(29)30)26-12-5-4-7-17(26)24-19/h4-5,7-12,28H,2-3,6,13H2,1H3,(H,29,30). The number of rotatable bonds is 7. The topological polar surface area (TPSA) is 92.7 Å². The van der Waals surface area contributed by atoms with E-state index in [0.717, 1.165) is 30.8 Å². The fourth-order valence-corrected chi connectivity index (χ4v) is 3.83. The van der Waals surface area contributed by atoms with Crippen LogP contribution in [0.5, 0.6) is 0 Å². The van der Waals surface area contributed by atoms with Gasteiger partial charge in [0.05, 0.1) is 12.3 Å². The van der Waals surface area contributed by atoms with E-state index in [9.17, 15) is 15.0 Å². The largest absolute Gasteiger partial charge is 0.476 e. The lowest BCUT2D eigenvalue weighted by Crippen LogP contribution is -2.06. The lowest BCUT2D eigenvalue weighted by Gasteiger charge is -2.11. The van der Waals surface area contributed by atoms with E-state index in [1.807, 2.05) is 34.9 Å². The van der Waals surface area contributed by atoms with Gasteiger partial charge in [-0.1, -0.05) is 43.1 Å². The number of aromatic carboxylic acids is 1. The monoisotopic (exact) mass is 424 g/mol. The number of fused-ring (bicyclic) bond motifs is 1. The Balaban J connectivity index is 1.79. The highest BCUT2D eigenvalue weighted by molar-refractivity contribution is 6.30. The van der Waals surface area contributed by atoms with E-state index >= 15 is 0 Å². The molecule has 4 rings (SSSR count). The molecule has 0 atom stereocenters. The third-order valence-corrected chi connectivity index (χ3v) is 5.33. The number of hydrogen-bond acceptors (Lipinski definition) is 4. The molecule has 0 unspecified atom stereocenters. The normalized spacial score (nSPS) is 11.3. The first-order valence-corrected chi connectivity index (χ1v) is 10.1. The molecule has 30 heavy (non-hydrogen) atoms. The summed E-state index contributed by atoms with van der Waals surface area (Å²) in [7, 11) is 0. The van der Waals surface area contributed by atoms with Gasteiger partial charge in [0.2, 0.25) is 0 Å². The number of hydrogen-bond donors (Lipinski definition) is 2. The molecule has 0 bridgehead atoms. The number of carbonyl (C=O) groups is 1. The van der Waals surface area contributed by atoms with Crippen LogP contribution in [0.1, 0.15) is 41.8 Å². The van der Waals surface area contributed by atoms with Gasteiger partial charge in [-0.15, -0.1) is 0 Å². The number of imidazole rings is 2. The average Bonchev–Trinajstić information content (AvgIpc) is 3.29. The van der Waals surface area contributed by atoms with Crippen molar-refractivity contribution in [3.05, 3.63) is 71.0 Å². The number of aromatic nitrogens is 4. The SMILES string of the molecule is CCCCc1nc(Cl)c(CO)n1-c1ccc(-c2nc3ccccn3c2C(=O)O)cc1. The van der Waals surface area contributed by atoms with E-state index in [1.54, 1.807) is 22.7 Å². The van der Waals surface area contributed by atoms with Crippen LogP contribution in [-0.4, -0.2) is 35.1 Å². The summed E-state index contributed by atoms with van der Waals surface area (Å²) >= 11 is 6.24. The van der Waals surface area contributed by atoms with E-state index in [4.69, 9.17) is 11.6 Å². The van der Waals surface area contributed by atoms with Crippen LogP contribution in [-0.2, 0) is 13.0 Å². The second-order valence-electron chi connectivity index (χ2n) is 6.95. The molecular formula is C22H21ClN4O3. The van der Waals surface area contributed by atoms with E-state index in [2.05, 4.69) is 16.9 Å². The van der Waals surface area contributed by atoms with E-state index in [0.29, 0.717) is 27.8 Å². The molecule has 0 radical (unpaired) electrons. The second kappa shape index (κ2) is 8.30. The third kappa shape index (κ3) is 3.46. The van der Waals surface area contributed by atoms with Crippen LogP contribution >= 0.6 is 11.6 Å². The van der Waals surface area contributed by atoms with Gasteiger partial charge in [0.15, 0.2) is 10.8 Å². The van der Waals surface area contributed by atoms with Gasteiger partial charge in [-0.3, -0.25) is 8.97 Å². The van der Waals surface area contributed by atoms with Crippen LogP contribution in [0.2, 0.25) is 5.15 Å². The fourth-order valence-electron chi connectivity index (χ4n) is 3.59. The second-order valence-corrected chi connectivity index (χ2v) is 7.31. The van der Waals surface area contributed by atoms with Crippen molar-refractivity contribution in [2.24, 2.45) is 0 Å². The fraction of sp³-hybridized carbons (Fsp3) is 0.227. The quantitative estimate of drug-likeness (QED) is 0.459. The highest BCUT2D eigenvalue weighted by Crippen LogP contribution is 2.28. The molecule has 0 aliphatic carbocycles. The number of halogens is 1. The smallest absolute Gasteiger partial charge is 0.355 e. The summed E-state index contributed by atoms with van der Waals surface area (Å²) in [6, 6.07) is 12.7. The molecule has 0 aliphatic heterocycles. The minimum Gasteiger partial charge on any atom is -0.476 e. The van der Waals surface area contributed by atoms with Crippen molar-refractivity contribution in [2.45, 2.75) is 32.8 Å². The van der Waals surface area contributed by atoms with Crippen LogP contribution in [0.3, 0.4) is 0 Å². The maximum absolute atomic E-state index is 11.9. The Bertz CT molecular complexity index is 1210. The zero-order valence-electron chi connectivity index (χ0n) is 16.4. The predicted octanol–water partition coefficient (Wildman–Crippen LogP) is 4.37. The summed E-state index contributed by atoms with van der Waals surface area (Å²) in [5.74, 6) is -0.254. The minimum absolute atomic E-state index is 0.115. The van der Waals surface area contributed by atoms with Crippen LogP contribution in [0.15, 0.2) is 48.7 Å². The van der Waals surface area contributed by atoms with Crippen molar-refractivity contribution in [1.29, 1.82) is 0 Å². The van der Waals surface area contributed by atoms with E-state index in [-0.39, 0.29) is 12.3 Å².